The number of amides is 1. The van der Waals surface area contributed by atoms with Crippen molar-refractivity contribution in [3.8, 4) is 0 Å². The van der Waals surface area contributed by atoms with Gasteiger partial charge in [0.1, 0.15) is 0 Å². The number of piperidine rings is 1. The molecule has 4 rings (SSSR count). The third-order valence-corrected chi connectivity index (χ3v) is 6.77. The second-order valence-corrected chi connectivity index (χ2v) is 9.45. The van der Waals surface area contributed by atoms with Gasteiger partial charge in [-0.15, -0.1) is 0 Å². The quantitative estimate of drug-likeness (QED) is 0.753. The molecule has 1 unspecified atom stereocenters. The molecule has 2 saturated heterocycles. The van der Waals surface area contributed by atoms with E-state index in [1.807, 2.05) is 19.6 Å². The Morgan fingerprint density at radius 1 is 1.17 bits per heavy atom. The first-order chi connectivity index (χ1) is 14.0. The molecule has 2 aromatic rings. The summed E-state index contributed by atoms with van der Waals surface area (Å²) in [5, 5.41) is 0. The molecule has 0 radical (unpaired) electrons. The number of rotatable bonds is 6. The van der Waals surface area contributed by atoms with E-state index < -0.39 is 0 Å². The Bertz CT molecular complexity index is 820. The Labute approximate surface area is 174 Å². The molecule has 0 N–H and O–H groups in total. The van der Waals surface area contributed by atoms with E-state index in [2.05, 4.69) is 63.5 Å². The van der Waals surface area contributed by atoms with Crippen LogP contribution in [0.3, 0.4) is 0 Å². The van der Waals surface area contributed by atoms with Crippen molar-refractivity contribution < 1.29 is 4.79 Å². The van der Waals surface area contributed by atoms with Gasteiger partial charge in [-0.05, 0) is 50.3 Å². The molecule has 2 fully saturated rings. The van der Waals surface area contributed by atoms with Gasteiger partial charge in [0, 0.05) is 32.4 Å². The van der Waals surface area contributed by atoms with Crippen LogP contribution in [0, 0.1) is 11.3 Å². The van der Waals surface area contributed by atoms with Gasteiger partial charge in [-0.25, -0.2) is 4.98 Å². The molecule has 5 nitrogen and oxygen atoms in total. The first kappa shape index (κ1) is 20.1. The molecule has 1 amide bonds. The summed E-state index contributed by atoms with van der Waals surface area (Å²) in [5.41, 5.74) is 2.42. The monoisotopic (exact) mass is 394 g/mol. The summed E-state index contributed by atoms with van der Waals surface area (Å²) in [7, 11) is 2.05. The Morgan fingerprint density at radius 3 is 2.52 bits per heavy atom. The third-order valence-electron chi connectivity index (χ3n) is 6.77. The summed E-state index contributed by atoms with van der Waals surface area (Å²) in [5.74, 6) is 0.907. The van der Waals surface area contributed by atoms with Crippen molar-refractivity contribution in [1.82, 2.24) is 19.4 Å². The molecule has 2 aliphatic heterocycles. The minimum absolute atomic E-state index is 0.155. The molecule has 2 aliphatic rings. The van der Waals surface area contributed by atoms with Crippen LogP contribution in [-0.2, 0) is 24.8 Å². The highest BCUT2D eigenvalue weighted by Crippen LogP contribution is 2.45. The molecular weight excluding hydrogens is 360 g/mol. The molecule has 0 aliphatic carbocycles. The van der Waals surface area contributed by atoms with E-state index in [9.17, 15) is 4.79 Å². The largest absolute Gasteiger partial charge is 0.339 e. The van der Waals surface area contributed by atoms with Gasteiger partial charge in [0.25, 0.3) is 0 Å². The summed E-state index contributed by atoms with van der Waals surface area (Å²) in [4.78, 5) is 22.5. The van der Waals surface area contributed by atoms with Crippen molar-refractivity contribution >= 4 is 5.91 Å². The van der Waals surface area contributed by atoms with Gasteiger partial charge in [0.05, 0.1) is 17.4 Å². The maximum atomic E-state index is 13.6. The summed E-state index contributed by atoms with van der Waals surface area (Å²) in [6, 6.07) is 11.0. The second-order valence-electron chi connectivity index (χ2n) is 9.45. The van der Waals surface area contributed by atoms with Crippen LogP contribution >= 0.6 is 0 Å². The number of hydrogen-bond donors (Lipinski definition) is 0. The number of nitrogens with zero attached hydrogens (tertiary/aromatic N) is 4. The molecule has 1 aromatic heterocycles. The predicted octanol–water partition coefficient (Wildman–Crippen LogP) is 3.50. The zero-order valence-electron chi connectivity index (χ0n) is 18.1. The number of carbonyl (C=O) groups is 1. The molecule has 0 bridgehead atoms. The number of likely N-dealkylation sites (tertiary alicyclic amines) is 2. The van der Waals surface area contributed by atoms with Gasteiger partial charge in [0.2, 0.25) is 5.91 Å². The van der Waals surface area contributed by atoms with E-state index in [4.69, 9.17) is 0 Å². The predicted molar refractivity (Wildman–Crippen MR) is 115 cm³/mol. The fourth-order valence-corrected chi connectivity index (χ4v) is 5.14. The van der Waals surface area contributed by atoms with Gasteiger partial charge < -0.3 is 9.47 Å². The van der Waals surface area contributed by atoms with Gasteiger partial charge >= 0.3 is 0 Å². The summed E-state index contributed by atoms with van der Waals surface area (Å²) >= 11 is 0. The van der Waals surface area contributed by atoms with Gasteiger partial charge in [-0.3, -0.25) is 9.69 Å². The Hall–Kier alpha value is -2.14. The van der Waals surface area contributed by atoms with Crippen LogP contribution in [0.5, 0.6) is 0 Å². The molecule has 0 saturated carbocycles. The normalized spacial score (nSPS) is 22.1. The van der Waals surface area contributed by atoms with Crippen molar-refractivity contribution in [3.63, 3.8) is 0 Å². The molecule has 3 heterocycles. The second kappa shape index (κ2) is 8.31. The Kier molecular flexibility index (Phi) is 5.77. The SMILES string of the molecule is CC(C)CN1C(=O)C2(CCN(Cc3cncn3C)CC2)CC1Cc1ccccc1. The highest BCUT2D eigenvalue weighted by atomic mass is 16.2. The zero-order valence-corrected chi connectivity index (χ0v) is 18.1. The van der Waals surface area contributed by atoms with E-state index in [0.29, 0.717) is 17.9 Å². The van der Waals surface area contributed by atoms with E-state index in [1.165, 1.54) is 11.3 Å². The van der Waals surface area contributed by atoms with E-state index in [1.54, 1.807) is 0 Å². The maximum absolute atomic E-state index is 13.6. The molecule has 1 aromatic carbocycles. The van der Waals surface area contributed by atoms with Crippen LogP contribution in [-0.4, -0.2) is 50.9 Å². The van der Waals surface area contributed by atoms with E-state index >= 15 is 0 Å². The molecule has 156 valence electrons. The molecule has 1 spiro atoms. The number of carbonyl (C=O) groups excluding carboxylic acids is 1. The lowest BCUT2D eigenvalue weighted by atomic mass is 9.75. The first-order valence-corrected chi connectivity index (χ1v) is 11.0. The van der Waals surface area contributed by atoms with Crippen LogP contribution in [0.1, 0.15) is 44.4 Å². The fourth-order valence-electron chi connectivity index (χ4n) is 5.14. The number of hydrogen-bond acceptors (Lipinski definition) is 3. The molecule has 1 atom stereocenters. The number of aromatic nitrogens is 2. The highest BCUT2D eigenvalue weighted by Gasteiger charge is 2.52. The van der Waals surface area contributed by atoms with Gasteiger partial charge in [0.15, 0.2) is 0 Å². The summed E-state index contributed by atoms with van der Waals surface area (Å²) in [6.07, 6.45) is 7.74. The molecule has 29 heavy (non-hydrogen) atoms. The van der Waals surface area contributed by atoms with Crippen molar-refractivity contribution in [1.29, 1.82) is 0 Å². The zero-order chi connectivity index (χ0) is 20.4. The summed E-state index contributed by atoms with van der Waals surface area (Å²) < 4.78 is 2.09. The van der Waals surface area contributed by atoms with Crippen LogP contribution in [0.2, 0.25) is 0 Å². The lowest BCUT2D eigenvalue weighted by molar-refractivity contribution is -0.139. The first-order valence-electron chi connectivity index (χ1n) is 11.0. The lowest BCUT2D eigenvalue weighted by Crippen LogP contribution is -2.45. The van der Waals surface area contributed by atoms with Crippen LogP contribution in [0.15, 0.2) is 42.9 Å². The van der Waals surface area contributed by atoms with Crippen LogP contribution < -0.4 is 0 Å². The van der Waals surface area contributed by atoms with Crippen LogP contribution in [0.25, 0.3) is 0 Å². The van der Waals surface area contributed by atoms with Crippen molar-refractivity contribution in [2.75, 3.05) is 19.6 Å². The van der Waals surface area contributed by atoms with Gasteiger partial charge in [-0.2, -0.15) is 0 Å². The molecular formula is C24H34N4O. The fraction of sp³-hybridized carbons (Fsp3) is 0.583. The minimum atomic E-state index is -0.155. The topological polar surface area (TPSA) is 41.4 Å². The average Bonchev–Trinajstić information content (AvgIpc) is 3.21. The number of aryl methyl sites for hydroxylation is 1. The summed E-state index contributed by atoms with van der Waals surface area (Å²) in [6.45, 7) is 8.21. The number of benzene rings is 1. The van der Waals surface area contributed by atoms with E-state index in [0.717, 1.165) is 51.9 Å². The Morgan fingerprint density at radius 2 is 1.90 bits per heavy atom. The van der Waals surface area contributed by atoms with Crippen molar-refractivity contribution in [2.45, 2.75) is 52.1 Å². The molecule has 5 heteroatoms. The minimum Gasteiger partial charge on any atom is -0.339 e. The highest BCUT2D eigenvalue weighted by molar-refractivity contribution is 5.85. The van der Waals surface area contributed by atoms with Crippen molar-refractivity contribution in [2.24, 2.45) is 18.4 Å². The smallest absolute Gasteiger partial charge is 0.229 e. The standard InChI is InChI=1S/C24H34N4O/c1-19(2)16-28-21(13-20-7-5-4-6-8-20)14-24(23(28)29)9-11-27(12-10-24)17-22-15-25-18-26(22)3/h4-8,15,18-19,21H,9-14,16-17H2,1-3H3. The average molecular weight is 395 g/mol. The third kappa shape index (κ3) is 4.25. The van der Waals surface area contributed by atoms with Crippen molar-refractivity contribution in [3.05, 3.63) is 54.1 Å². The van der Waals surface area contributed by atoms with Crippen LogP contribution in [0.4, 0.5) is 0 Å². The van der Waals surface area contributed by atoms with E-state index in [-0.39, 0.29) is 5.41 Å². The van der Waals surface area contributed by atoms with Gasteiger partial charge in [-0.1, -0.05) is 44.2 Å². The number of imidazole rings is 1. The lowest BCUT2D eigenvalue weighted by Gasteiger charge is -2.38. The maximum Gasteiger partial charge on any atom is 0.229 e. The Balaban J connectivity index is 1.46.